The van der Waals surface area contributed by atoms with E-state index in [9.17, 15) is 4.79 Å². The predicted molar refractivity (Wildman–Crippen MR) is 90.7 cm³/mol. The van der Waals surface area contributed by atoms with Crippen LogP contribution in [0, 0.1) is 0 Å². The molecule has 6 heteroatoms. The molecule has 1 aliphatic rings. The van der Waals surface area contributed by atoms with Gasteiger partial charge < -0.3 is 14.2 Å². The molecule has 4 rings (SSSR count). The number of aromatic nitrogens is 2. The van der Waals surface area contributed by atoms with Gasteiger partial charge in [-0.3, -0.25) is 4.68 Å². The standard InChI is InChI=1S/C19H16N2O4/c1-23-19(22)15-10-16(14-7-8-17-18(9-14)25-12-24-17)21(20-15)11-13-5-3-2-4-6-13/h2-10H,11-12H2,1H3. The van der Waals surface area contributed by atoms with Gasteiger partial charge in [-0.1, -0.05) is 30.3 Å². The zero-order valence-electron chi connectivity index (χ0n) is 13.6. The van der Waals surface area contributed by atoms with E-state index in [0.717, 1.165) is 16.8 Å². The molecule has 1 aliphatic heterocycles. The van der Waals surface area contributed by atoms with Crippen molar-refractivity contribution >= 4 is 5.97 Å². The van der Waals surface area contributed by atoms with Crippen molar-refractivity contribution in [3.8, 4) is 22.8 Å². The van der Waals surface area contributed by atoms with Gasteiger partial charge in [-0.15, -0.1) is 0 Å². The quantitative estimate of drug-likeness (QED) is 0.685. The number of carbonyl (C=O) groups excluding carboxylic acids is 1. The highest BCUT2D eigenvalue weighted by molar-refractivity contribution is 5.88. The summed E-state index contributed by atoms with van der Waals surface area (Å²) >= 11 is 0. The maximum absolute atomic E-state index is 11.9. The summed E-state index contributed by atoms with van der Waals surface area (Å²) in [6, 6.07) is 17.3. The minimum Gasteiger partial charge on any atom is -0.464 e. The van der Waals surface area contributed by atoms with Crippen LogP contribution in [-0.4, -0.2) is 29.7 Å². The molecule has 0 spiro atoms. The van der Waals surface area contributed by atoms with Crippen LogP contribution < -0.4 is 9.47 Å². The van der Waals surface area contributed by atoms with Crippen LogP contribution in [0.1, 0.15) is 16.1 Å². The highest BCUT2D eigenvalue weighted by atomic mass is 16.7. The van der Waals surface area contributed by atoms with E-state index in [1.807, 2.05) is 48.5 Å². The minimum absolute atomic E-state index is 0.218. The summed E-state index contributed by atoms with van der Waals surface area (Å²) in [7, 11) is 1.35. The van der Waals surface area contributed by atoms with Crippen LogP contribution in [0.25, 0.3) is 11.3 Å². The van der Waals surface area contributed by atoms with Gasteiger partial charge in [0.1, 0.15) is 0 Å². The lowest BCUT2D eigenvalue weighted by Crippen LogP contribution is -2.07. The van der Waals surface area contributed by atoms with Gasteiger partial charge in [0, 0.05) is 5.56 Å². The lowest BCUT2D eigenvalue weighted by Gasteiger charge is -2.08. The van der Waals surface area contributed by atoms with E-state index in [2.05, 4.69) is 5.10 Å². The van der Waals surface area contributed by atoms with Crippen molar-refractivity contribution in [3.63, 3.8) is 0 Å². The lowest BCUT2D eigenvalue weighted by atomic mass is 10.1. The molecule has 25 heavy (non-hydrogen) atoms. The van der Waals surface area contributed by atoms with E-state index in [-0.39, 0.29) is 12.5 Å². The molecule has 0 atom stereocenters. The zero-order valence-corrected chi connectivity index (χ0v) is 13.6. The first kappa shape index (κ1) is 15.3. The van der Waals surface area contributed by atoms with E-state index >= 15 is 0 Å². The fourth-order valence-corrected chi connectivity index (χ4v) is 2.79. The first-order chi connectivity index (χ1) is 12.2. The Hall–Kier alpha value is -3.28. The van der Waals surface area contributed by atoms with Crippen LogP contribution in [-0.2, 0) is 11.3 Å². The van der Waals surface area contributed by atoms with Crippen LogP contribution in [0.3, 0.4) is 0 Å². The second kappa shape index (κ2) is 6.32. The first-order valence-corrected chi connectivity index (χ1v) is 7.85. The average molecular weight is 336 g/mol. The molecular formula is C19H16N2O4. The van der Waals surface area contributed by atoms with E-state index in [0.29, 0.717) is 18.0 Å². The fourth-order valence-electron chi connectivity index (χ4n) is 2.79. The van der Waals surface area contributed by atoms with Gasteiger partial charge in [0.15, 0.2) is 17.2 Å². The van der Waals surface area contributed by atoms with Crippen LogP contribution in [0.2, 0.25) is 0 Å². The van der Waals surface area contributed by atoms with Gasteiger partial charge in [0.25, 0.3) is 0 Å². The summed E-state index contributed by atoms with van der Waals surface area (Å²) < 4.78 is 17.4. The molecule has 0 aliphatic carbocycles. The van der Waals surface area contributed by atoms with E-state index in [1.165, 1.54) is 7.11 Å². The van der Waals surface area contributed by atoms with Crippen molar-refractivity contribution in [2.75, 3.05) is 13.9 Å². The Morgan fingerprint density at radius 2 is 1.92 bits per heavy atom. The average Bonchev–Trinajstić information content (AvgIpc) is 3.28. The van der Waals surface area contributed by atoms with Gasteiger partial charge >= 0.3 is 5.97 Å². The van der Waals surface area contributed by atoms with E-state index in [4.69, 9.17) is 14.2 Å². The minimum atomic E-state index is -0.464. The molecule has 0 saturated heterocycles. The Bertz CT molecular complexity index is 918. The molecule has 0 fully saturated rings. The third-order valence-electron chi connectivity index (χ3n) is 4.02. The number of hydrogen-bond donors (Lipinski definition) is 0. The predicted octanol–water partition coefficient (Wildman–Crippen LogP) is 3.11. The van der Waals surface area contributed by atoms with Gasteiger partial charge in [-0.05, 0) is 29.8 Å². The Morgan fingerprint density at radius 1 is 1.12 bits per heavy atom. The number of nitrogens with zero attached hydrogens (tertiary/aromatic N) is 2. The van der Waals surface area contributed by atoms with Crippen molar-refractivity contribution in [3.05, 3.63) is 65.9 Å². The summed E-state index contributed by atoms with van der Waals surface area (Å²) in [5.41, 5.74) is 3.06. The summed E-state index contributed by atoms with van der Waals surface area (Å²) in [6.07, 6.45) is 0. The number of methoxy groups -OCH3 is 1. The number of benzene rings is 2. The number of esters is 1. The van der Waals surface area contributed by atoms with Gasteiger partial charge in [-0.25, -0.2) is 4.79 Å². The number of carbonyl (C=O) groups is 1. The highest BCUT2D eigenvalue weighted by Gasteiger charge is 2.19. The second-order valence-corrected chi connectivity index (χ2v) is 5.62. The number of hydrogen-bond acceptors (Lipinski definition) is 5. The topological polar surface area (TPSA) is 62.6 Å². The monoisotopic (exact) mass is 336 g/mol. The number of rotatable bonds is 4. The smallest absolute Gasteiger partial charge is 0.358 e. The number of ether oxygens (including phenoxy) is 3. The molecule has 6 nitrogen and oxygen atoms in total. The molecule has 0 bridgehead atoms. The molecule has 3 aromatic rings. The molecular weight excluding hydrogens is 320 g/mol. The Balaban J connectivity index is 1.77. The lowest BCUT2D eigenvalue weighted by molar-refractivity contribution is 0.0593. The van der Waals surface area contributed by atoms with Crippen molar-refractivity contribution in [2.24, 2.45) is 0 Å². The summed E-state index contributed by atoms with van der Waals surface area (Å²) in [6.45, 7) is 0.761. The van der Waals surface area contributed by atoms with Crippen LogP contribution >= 0.6 is 0 Å². The van der Waals surface area contributed by atoms with Crippen molar-refractivity contribution < 1.29 is 19.0 Å². The molecule has 0 saturated carbocycles. The second-order valence-electron chi connectivity index (χ2n) is 5.62. The molecule has 0 radical (unpaired) electrons. The maximum atomic E-state index is 11.9. The van der Waals surface area contributed by atoms with Crippen molar-refractivity contribution in [1.29, 1.82) is 0 Å². The normalized spacial score (nSPS) is 12.2. The molecule has 0 amide bonds. The summed E-state index contributed by atoms with van der Waals surface area (Å²) in [5.74, 6) is 0.935. The molecule has 0 N–H and O–H groups in total. The first-order valence-electron chi connectivity index (χ1n) is 7.85. The summed E-state index contributed by atoms with van der Waals surface area (Å²) in [5, 5.41) is 4.42. The zero-order chi connectivity index (χ0) is 17.2. The number of fused-ring (bicyclic) bond motifs is 1. The SMILES string of the molecule is COC(=O)c1cc(-c2ccc3c(c2)OCO3)n(Cc2ccccc2)n1. The van der Waals surface area contributed by atoms with Gasteiger partial charge in [0.2, 0.25) is 6.79 Å². The van der Waals surface area contributed by atoms with Crippen LogP contribution in [0.5, 0.6) is 11.5 Å². The third kappa shape index (κ3) is 2.94. The van der Waals surface area contributed by atoms with Gasteiger partial charge in [0.05, 0.1) is 19.3 Å². The maximum Gasteiger partial charge on any atom is 0.358 e. The van der Waals surface area contributed by atoms with Crippen LogP contribution in [0.4, 0.5) is 0 Å². The highest BCUT2D eigenvalue weighted by Crippen LogP contribution is 2.36. The molecule has 126 valence electrons. The van der Waals surface area contributed by atoms with Crippen molar-refractivity contribution in [1.82, 2.24) is 9.78 Å². The third-order valence-corrected chi connectivity index (χ3v) is 4.02. The van der Waals surface area contributed by atoms with Crippen LogP contribution in [0.15, 0.2) is 54.6 Å². The van der Waals surface area contributed by atoms with Gasteiger partial charge in [-0.2, -0.15) is 5.10 Å². The largest absolute Gasteiger partial charge is 0.464 e. The van der Waals surface area contributed by atoms with E-state index in [1.54, 1.807) is 10.7 Å². The Morgan fingerprint density at radius 3 is 2.72 bits per heavy atom. The molecule has 1 aromatic heterocycles. The molecule has 2 heterocycles. The molecule has 2 aromatic carbocycles. The Kier molecular flexibility index (Phi) is 3.85. The van der Waals surface area contributed by atoms with E-state index < -0.39 is 5.97 Å². The molecule has 0 unspecified atom stereocenters. The summed E-state index contributed by atoms with van der Waals surface area (Å²) in [4.78, 5) is 11.9. The fraction of sp³-hybridized carbons (Fsp3) is 0.158. The van der Waals surface area contributed by atoms with Crippen molar-refractivity contribution in [2.45, 2.75) is 6.54 Å². The Labute approximate surface area is 144 Å².